The molecular weight excluding hydrogens is 871 g/mol. The maximum atomic E-state index is 3.49. The number of fused-ring (bicyclic) bond motifs is 3. The molecule has 6 aromatic rings. The molecule has 11 rings (SSSR count). The molecule has 0 nitrogen and oxygen atoms in total. The van der Waals surface area contributed by atoms with Crippen molar-refractivity contribution in [2.75, 3.05) is 0 Å². The first-order valence-electron chi connectivity index (χ1n) is 22.8. The summed E-state index contributed by atoms with van der Waals surface area (Å²) < 4.78 is 1.46. The van der Waals surface area contributed by atoms with Crippen LogP contribution in [-0.2, 0) is 35.1 Å². The average molecular weight is 937 g/mol. The van der Waals surface area contributed by atoms with Gasteiger partial charge in [0.25, 0.3) is 0 Å². The number of hydrogen-bond acceptors (Lipinski definition) is 0. The standard InChI is InChI=1S/C33H33.C17H23.C9H10.2ClH.Zr/c1-32(2,3)30-20-26-24(18-28(30)22-13-9-7-10-14-22)17-25-19-29(23-15-11-8-12-16-23)31(21-27(25)26)33(4,5)6;1-11-3-4-14(5-11)17(2)15-7-12-6-13(9-15)10-16(17)8-12;1-3-9-6-4-8(2)5-7-9;;;/h7-21H,1-6H3;4-5,11-13,15-16H,6-10H2,1-2H3;4-7H,1-2H3;2*1H;/q2*-1;;;;+2/p-2. The molecule has 4 saturated carbocycles. The summed E-state index contributed by atoms with van der Waals surface area (Å²) in [6.45, 7) is 23.0. The Morgan fingerprint density at radius 3 is 1.45 bits per heavy atom. The minimum absolute atomic E-state index is 0. The van der Waals surface area contributed by atoms with Crippen LogP contribution in [0.4, 0.5) is 0 Å². The molecule has 0 spiro atoms. The van der Waals surface area contributed by atoms with Gasteiger partial charge >= 0.3 is 76.7 Å². The van der Waals surface area contributed by atoms with Crippen LogP contribution in [0.25, 0.3) is 43.8 Å². The van der Waals surface area contributed by atoms with Gasteiger partial charge in [-0.2, -0.15) is 11.6 Å². The van der Waals surface area contributed by atoms with Gasteiger partial charge in [-0.3, -0.25) is 6.08 Å². The zero-order chi connectivity index (χ0) is 42.6. The number of allylic oxidation sites excluding steroid dienone is 4. The average Bonchev–Trinajstić information content (AvgIpc) is 3.82. The van der Waals surface area contributed by atoms with Gasteiger partial charge in [-0.05, 0) is 100.0 Å². The second kappa shape index (κ2) is 19.1. The van der Waals surface area contributed by atoms with Gasteiger partial charge in [0.15, 0.2) is 0 Å². The van der Waals surface area contributed by atoms with Crippen molar-refractivity contribution >= 4 is 24.8 Å². The molecule has 0 aromatic heterocycles. The van der Waals surface area contributed by atoms with Crippen molar-refractivity contribution < 1.29 is 49.0 Å². The Hall–Kier alpha value is -3.22. The van der Waals surface area contributed by atoms with Gasteiger partial charge in [0.05, 0.1) is 0 Å². The summed E-state index contributed by atoms with van der Waals surface area (Å²) in [7, 11) is 0. The van der Waals surface area contributed by atoms with Crippen LogP contribution < -0.4 is 24.8 Å². The topological polar surface area (TPSA) is 0 Å². The predicted molar refractivity (Wildman–Crippen MR) is 256 cm³/mol. The maximum Gasteiger partial charge on any atom is -1.00 e. The van der Waals surface area contributed by atoms with Gasteiger partial charge in [0.1, 0.15) is 0 Å². The zero-order valence-corrected chi connectivity index (χ0v) is 42.8. The van der Waals surface area contributed by atoms with Crippen LogP contribution in [0.2, 0.25) is 0 Å². The van der Waals surface area contributed by atoms with Crippen LogP contribution in [-0.4, -0.2) is 3.21 Å². The van der Waals surface area contributed by atoms with Gasteiger partial charge < -0.3 is 24.8 Å². The number of rotatable bonds is 4. The Balaban J connectivity index is 0.000000183. The molecule has 0 N–H and O–H groups in total. The molecule has 4 fully saturated rings. The van der Waals surface area contributed by atoms with Crippen molar-refractivity contribution in [2.45, 2.75) is 112 Å². The molecule has 62 heavy (non-hydrogen) atoms. The third-order valence-electron chi connectivity index (χ3n) is 14.6. The van der Waals surface area contributed by atoms with Gasteiger partial charge in [0, 0.05) is 0 Å². The zero-order valence-electron chi connectivity index (χ0n) is 38.8. The molecule has 1 unspecified atom stereocenters. The summed E-state index contributed by atoms with van der Waals surface area (Å²) in [6.07, 6.45) is 15.9. The molecule has 0 heterocycles. The Labute approximate surface area is 401 Å². The van der Waals surface area contributed by atoms with Crippen LogP contribution in [0.15, 0.2) is 133 Å². The molecule has 4 bridgehead atoms. The fourth-order valence-corrected chi connectivity index (χ4v) is 11.8. The number of aryl methyl sites for hydroxylation is 1. The normalized spacial score (nSPS) is 23.4. The van der Waals surface area contributed by atoms with E-state index in [1.54, 1.807) is 12.0 Å². The maximum absolute atomic E-state index is 3.49. The fourth-order valence-electron chi connectivity index (χ4n) is 11.4. The predicted octanol–water partition coefficient (Wildman–Crippen LogP) is 10.1. The summed E-state index contributed by atoms with van der Waals surface area (Å²) in [6, 6.07) is 42.4. The number of halogens is 2. The minimum atomic E-state index is 0. The van der Waals surface area contributed by atoms with Crippen molar-refractivity contribution in [3.05, 3.63) is 161 Å². The van der Waals surface area contributed by atoms with E-state index < -0.39 is 0 Å². The molecule has 0 aliphatic heterocycles. The van der Waals surface area contributed by atoms with Crippen LogP contribution >= 0.6 is 0 Å². The van der Waals surface area contributed by atoms with Crippen LogP contribution in [0, 0.1) is 48.0 Å². The molecule has 0 radical (unpaired) electrons. The summed E-state index contributed by atoms with van der Waals surface area (Å²) in [4.78, 5) is 0. The molecule has 1 atom stereocenters. The largest absolute Gasteiger partial charge is 1.00 e. The summed E-state index contributed by atoms with van der Waals surface area (Å²) in [5, 5.41) is 5.36. The van der Waals surface area contributed by atoms with E-state index in [9.17, 15) is 0 Å². The van der Waals surface area contributed by atoms with E-state index in [-0.39, 0.29) is 35.6 Å². The Bertz CT molecular complexity index is 2420. The molecule has 3 heteroatoms. The smallest absolute Gasteiger partial charge is 1.00 e. The van der Waals surface area contributed by atoms with E-state index in [2.05, 4.69) is 203 Å². The van der Waals surface area contributed by atoms with Crippen LogP contribution in [0.3, 0.4) is 0 Å². The SMILES string of the molecule is CC(C)(C)c1cc2c(cc1-c1ccccc1)[cH-]c1cc(-c3ccccc3)c(C(C)(C)C)cc12.CC1[C-]=CC(C2(C)C3CC4CC(C3)CC2C4)=C1.C[C](=[Zr+2])c1ccc(C)cc1.[Cl-].[Cl-]. The third kappa shape index (κ3) is 9.87. The van der Waals surface area contributed by atoms with E-state index in [4.69, 9.17) is 0 Å². The second-order valence-corrected chi connectivity index (χ2v) is 23.0. The monoisotopic (exact) mass is 934 g/mol. The first-order chi connectivity index (χ1) is 28.5. The molecule has 0 saturated heterocycles. The van der Waals surface area contributed by atoms with Crippen molar-refractivity contribution in [2.24, 2.45) is 35.0 Å². The quantitative estimate of drug-likeness (QED) is 0.155. The number of benzene rings is 5. The molecule has 5 aliphatic carbocycles. The van der Waals surface area contributed by atoms with E-state index in [1.807, 2.05) is 0 Å². The van der Waals surface area contributed by atoms with Crippen molar-refractivity contribution in [3.63, 3.8) is 0 Å². The van der Waals surface area contributed by atoms with Gasteiger partial charge in [0.2, 0.25) is 0 Å². The van der Waals surface area contributed by atoms with Crippen molar-refractivity contribution in [1.82, 2.24) is 0 Å². The van der Waals surface area contributed by atoms with Gasteiger partial charge in [-0.15, -0.1) is 39.7 Å². The summed E-state index contributed by atoms with van der Waals surface area (Å²) in [5.74, 6) is 4.68. The molecular formula is C59H66Cl2Zr-2. The fraction of sp³-hybridized carbons (Fsp3) is 0.390. The van der Waals surface area contributed by atoms with Gasteiger partial charge in [-0.1, -0.05) is 140 Å². The first kappa shape index (κ1) is 48.2. The molecule has 322 valence electrons. The molecule has 6 aromatic carbocycles. The van der Waals surface area contributed by atoms with Crippen LogP contribution in [0.5, 0.6) is 0 Å². The van der Waals surface area contributed by atoms with Crippen molar-refractivity contribution in [3.8, 4) is 22.3 Å². The molecule has 5 aliphatic rings. The number of hydrogen-bond donors (Lipinski definition) is 0. The van der Waals surface area contributed by atoms with E-state index in [1.165, 1.54) is 119 Å². The first-order valence-corrected chi connectivity index (χ1v) is 24.0. The Morgan fingerprint density at radius 2 is 1.08 bits per heavy atom. The summed E-state index contributed by atoms with van der Waals surface area (Å²) in [5.41, 5.74) is 13.0. The van der Waals surface area contributed by atoms with Gasteiger partial charge in [-0.25, -0.2) is 6.08 Å². The summed E-state index contributed by atoms with van der Waals surface area (Å²) >= 11 is 1.51. The van der Waals surface area contributed by atoms with E-state index in [0.717, 1.165) is 23.7 Å². The Kier molecular flexibility index (Phi) is 14.9. The van der Waals surface area contributed by atoms with Crippen LogP contribution in [0.1, 0.15) is 117 Å². The minimum Gasteiger partial charge on any atom is -1.00 e. The van der Waals surface area contributed by atoms with E-state index >= 15 is 0 Å². The third-order valence-corrected chi connectivity index (χ3v) is 15.3. The van der Waals surface area contributed by atoms with Crippen molar-refractivity contribution in [1.29, 1.82) is 0 Å². The second-order valence-electron chi connectivity index (χ2n) is 21.1. The molecule has 0 amide bonds. The van der Waals surface area contributed by atoms with E-state index in [0.29, 0.717) is 11.3 Å². The Morgan fingerprint density at radius 1 is 0.645 bits per heavy atom.